The van der Waals surface area contributed by atoms with Gasteiger partial charge in [0.15, 0.2) is 5.78 Å². The lowest BCUT2D eigenvalue weighted by Gasteiger charge is -2.00. The van der Waals surface area contributed by atoms with Gasteiger partial charge in [-0.2, -0.15) is 0 Å². The van der Waals surface area contributed by atoms with Crippen molar-refractivity contribution in [3.63, 3.8) is 0 Å². The molecule has 0 aliphatic heterocycles. The molecule has 0 spiro atoms. The predicted molar refractivity (Wildman–Crippen MR) is 41.0 cm³/mol. The number of carbonyl (C=O) groups excluding carboxylic acids is 1. The normalized spacial score (nSPS) is 20.7. The second kappa shape index (κ2) is 1.95. The lowest BCUT2D eigenvalue weighted by Crippen LogP contribution is -1.95. The number of carbonyl (C=O) groups is 1. The summed E-state index contributed by atoms with van der Waals surface area (Å²) in [6, 6.07) is 0. The average molecular weight is 146 g/mol. The Morgan fingerprint density at radius 2 is 1.82 bits per heavy atom. The van der Waals surface area contributed by atoms with Gasteiger partial charge < -0.3 is 5.11 Å². The van der Waals surface area contributed by atoms with Gasteiger partial charge >= 0.3 is 0 Å². The van der Waals surface area contributed by atoms with Crippen molar-refractivity contribution in [3.8, 4) is 0 Å². The zero-order valence-electron chi connectivity index (χ0n) is 5.74. The molecule has 1 N–H and O–H groups in total. The van der Waals surface area contributed by atoms with E-state index in [-0.39, 0.29) is 11.5 Å². The van der Waals surface area contributed by atoms with Gasteiger partial charge in [0.2, 0.25) is 0 Å². The molecule has 2 heteroatoms. The van der Waals surface area contributed by atoms with Gasteiger partial charge in [-0.3, -0.25) is 4.79 Å². The van der Waals surface area contributed by atoms with E-state index in [2.05, 4.69) is 0 Å². The summed E-state index contributed by atoms with van der Waals surface area (Å²) in [6.45, 7) is 0. The van der Waals surface area contributed by atoms with Crippen molar-refractivity contribution >= 4 is 5.78 Å². The van der Waals surface area contributed by atoms with Crippen molar-refractivity contribution in [1.29, 1.82) is 0 Å². The molecule has 0 aromatic heterocycles. The van der Waals surface area contributed by atoms with Crippen molar-refractivity contribution in [2.24, 2.45) is 0 Å². The smallest absolute Gasteiger partial charge is 0.179 e. The highest BCUT2D eigenvalue weighted by molar-refractivity contribution is 6.03. The van der Waals surface area contributed by atoms with Crippen molar-refractivity contribution in [1.82, 2.24) is 0 Å². The lowest BCUT2D eigenvalue weighted by molar-refractivity contribution is -0.110. The molecule has 0 saturated carbocycles. The molecule has 11 heavy (non-hydrogen) atoms. The molecule has 0 aromatic rings. The quantitative estimate of drug-likeness (QED) is 0.561. The molecule has 0 atom stereocenters. The van der Waals surface area contributed by atoms with Crippen LogP contribution in [-0.4, -0.2) is 10.9 Å². The average Bonchev–Trinajstić information content (AvgIpc) is 2.27. The second-order valence-corrected chi connectivity index (χ2v) is 2.50. The number of allylic oxidation sites excluding steroid dienone is 7. The first-order chi connectivity index (χ1) is 5.25. The van der Waals surface area contributed by atoms with Crippen LogP contribution in [0.25, 0.3) is 0 Å². The molecule has 0 unspecified atom stereocenters. The fourth-order valence-corrected chi connectivity index (χ4v) is 1.17. The minimum absolute atomic E-state index is 0.0249. The van der Waals surface area contributed by atoms with E-state index in [0.29, 0.717) is 0 Å². The van der Waals surface area contributed by atoms with Crippen LogP contribution < -0.4 is 0 Å². The van der Waals surface area contributed by atoms with E-state index in [4.69, 9.17) is 5.11 Å². The highest BCUT2D eigenvalue weighted by Gasteiger charge is 2.13. The first kappa shape index (κ1) is 6.16. The summed E-state index contributed by atoms with van der Waals surface area (Å²) in [7, 11) is 0. The summed E-state index contributed by atoms with van der Waals surface area (Å²) in [5, 5.41) is 9.04. The molecule has 2 aliphatic carbocycles. The Hall–Kier alpha value is -1.57. The van der Waals surface area contributed by atoms with Crippen molar-refractivity contribution in [2.45, 2.75) is 0 Å². The van der Waals surface area contributed by atoms with Crippen LogP contribution in [0.15, 0.2) is 47.3 Å². The minimum atomic E-state index is -0.0249. The highest BCUT2D eigenvalue weighted by Crippen LogP contribution is 2.25. The Morgan fingerprint density at radius 3 is 2.64 bits per heavy atom. The Bertz CT molecular complexity index is 341. The maximum atomic E-state index is 10.8. The van der Waals surface area contributed by atoms with Crippen LogP contribution in [-0.2, 0) is 4.79 Å². The van der Waals surface area contributed by atoms with Crippen LogP contribution in [0.3, 0.4) is 0 Å². The SMILES string of the molecule is O=C1C=CC2=CC(O)=CC2=C1. The molecule has 54 valence electrons. The van der Waals surface area contributed by atoms with Crippen LogP contribution >= 0.6 is 0 Å². The largest absolute Gasteiger partial charge is 0.508 e. The van der Waals surface area contributed by atoms with Gasteiger partial charge in [-0.15, -0.1) is 0 Å². The van der Waals surface area contributed by atoms with Crippen molar-refractivity contribution in [2.75, 3.05) is 0 Å². The third-order valence-corrected chi connectivity index (χ3v) is 1.67. The molecule has 0 amide bonds. The summed E-state index contributed by atoms with van der Waals surface area (Å²) in [5.41, 5.74) is 1.71. The van der Waals surface area contributed by atoms with Crippen LogP contribution in [0.5, 0.6) is 0 Å². The number of fused-ring (bicyclic) bond motifs is 1. The summed E-state index contributed by atoms with van der Waals surface area (Å²) >= 11 is 0. The first-order valence-electron chi connectivity index (χ1n) is 3.32. The molecule has 2 aliphatic rings. The molecule has 0 aromatic carbocycles. The van der Waals surface area contributed by atoms with Crippen LogP contribution in [0, 0.1) is 0 Å². The molecule has 0 heterocycles. The van der Waals surface area contributed by atoms with Gasteiger partial charge in [-0.25, -0.2) is 0 Å². The summed E-state index contributed by atoms with van der Waals surface area (Å²) in [6.07, 6.45) is 7.92. The van der Waals surface area contributed by atoms with Crippen LogP contribution in [0.4, 0.5) is 0 Å². The standard InChI is InChI=1S/C9H6O2/c10-8-2-1-6-3-9(11)5-7(6)4-8/h1-5,11H. The fourth-order valence-electron chi connectivity index (χ4n) is 1.17. The number of aliphatic hydroxyl groups excluding tert-OH is 1. The molecule has 0 fully saturated rings. The van der Waals surface area contributed by atoms with Crippen LogP contribution in [0.1, 0.15) is 0 Å². The lowest BCUT2D eigenvalue weighted by atomic mass is 10.0. The predicted octanol–water partition coefficient (Wildman–Crippen LogP) is 1.43. The number of ketones is 1. The molecular weight excluding hydrogens is 140 g/mol. The van der Waals surface area contributed by atoms with E-state index < -0.39 is 0 Å². The van der Waals surface area contributed by atoms with Crippen molar-refractivity contribution < 1.29 is 9.90 Å². The van der Waals surface area contributed by atoms with Crippen LogP contribution in [0.2, 0.25) is 0 Å². The summed E-state index contributed by atoms with van der Waals surface area (Å²) in [4.78, 5) is 10.8. The van der Waals surface area contributed by atoms with Gasteiger partial charge in [-0.1, -0.05) is 6.08 Å². The Balaban J connectivity index is 2.50. The fraction of sp³-hybridized carbons (Fsp3) is 0. The van der Waals surface area contributed by atoms with Gasteiger partial charge in [0.05, 0.1) is 0 Å². The monoisotopic (exact) mass is 146 g/mol. The number of hydrogen-bond acceptors (Lipinski definition) is 2. The second-order valence-electron chi connectivity index (χ2n) is 2.50. The maximum Gasteiger partial charge on any atom is 0.179 e. The molecule has 2 nitrogen and oxygen atoms in total. The van der Waals surface area contributed by atoms with Gasteiger partial charge in [0.25, 0.3) is 0 Å². The molecule has 0 radical (unpaired) electrons. The molecule has 0 saturated heterocycles. The van der Waals surface area contributed by atoms with Gasteiger partial charge in [0, 0.05) is 0 Å². The molecule has 2 rings (SSSR count). The maximum absolute atomic E-state index is 10.8. The van der Waals surface area contributed by atoms with Crippen molar-refractivity contribution in [3.05, 3.63) is 47.3 Å². The number of rotatable bonds is 0. The molecular formula is C9H6O2. The Kier molecular flexibility index (Phi) is 1.09. The zero-order valence-corrected chi connectivity index (χ0v) is 5.74. The number of aliphatic hydroxyl groups is 1. The topological polar surface area (TPSA) is 37.3 Å². The van der Waals surface area contributed by atoms with Gasteiger partial charge in [0.1, 0.15) is 5.76 Å². The van der Waals surface area contributed by atoms with E-state index in [1.54, 1.807) is 18.2 Å². The summed E-state index contributed by atoms with van der Waals surface area (Å²) < 4.78 is 0. The van der Waals surface area contributed by atoms with Gasteiger partial charge in [-0.05, 0) is 35.5 Å². The molecule has 0 bridgehead atoms. The van der Waals surface area contributed by atoms with E-state index in [1.807, 2.05) is 0 Å². The van der Waals surface area contributed by atoms with E-state index >= 15 is 0 Å². The highest BCUT2D eigenvalue weighted by atomic mass is 16.3. The van der Waals surface area contributed by atoms with E-state index in [9.17, 15) is 4.79 Å². The zero-order chi connectivity index (χ0) is 7.84. The third-order valence-electron chi connectivity index (χ3n) is 1.67. The Labute approximate surface area is 63.8 Å². The minimum Gasteiger partial charge on any atom is -0.508 e. The Morgan fingerprint density at radius 1 is 1.00 bits per heavy atom. The first-order valence-corrected chi connectivity index (χ1v) is 3.32. The number of hydrogen-bond donors (Lipinski definition) is 1. The van der Waals surface area contributed by atoms with E-state index in [1.165, 1.54) is 12.2 Å². The third kappa shape index (κ3) is 0.923. The summed E-state index contributed by atoms with van der Waals surface area (Å²) in [5.74, 6) is 0.189. The van der Waals surface area contributed by atoms with E-state index in [0.717, 1.165) is 11.1 Å².